The molecule has 0 atom stereocenters. The van der Waals surface area contributed by atoms with Crippen molar-refractivity contribution in [2.24, 2.45) is 0 Å². The van der Waals surface area contributed by atoms with Crippen LogP contribution in [0.15, 0.2) is 18.3 Å². The van der Waals surface area contributed by atoms with Crippen molar-refractivity contribution in [1.82, 2.24) is 4.98 Å². The molecule has 0 spiro atoms. The van der Waals surface area contributed by atoms with E-state index in [1.165, 1.54) is 18.3 Å². The van der Waals surface area contributed by atoms with Crippen molar-refractivity contribution >= 4 is 11.8 Å². The fourth-order valence-electron chi connectivity index (χ4n) is 0.896. The largest absolute Gasteiger partial charge is 0.481 e. The zero-order valence-corrected chi connectivity index (χ0v) is 6.51. The molecule has 1 N–H and O–H groups in total. The lowest BCUT2D eigenvalue weighted by Crippen LogP contribution is -2.04. The van der Waals surface area contributed by atoms with Gasteiger partial charge in [-0.1, -0.05) is 0 Å². The van der Waals surface area contributed by atoms with Gasteiger partial charge >= 0.3 is 11.8 Å². The molecule has 0 aliphatic rings. The number of carboxylic acid groups (broad SMARTS) is 1. The lowest BCUT2D eigenvalue weighted by molar-refractivity contribution is -0.390. The van der Waals surface area contributed by atoms with E-state index in [0.29, 0.717) is 0 Å². The highest BCUT2D eigenvalue weighted by molar-refractivity contribution is 5.71. The fourth-order valence-corrected chi connectivity index (χ4v) is 0.896. The summed E-state index contributed by atoms with van der Waals surface area (Å²) in [6, 6.07) is 2.84. The van der Waals surface area contributed by atoms with Crippen molar-refractivity contribution in [3.63, 3.8) is 0 Å². The van der Waals surface area contributed by atoms with Crippen LogP contribution in [0, 0.1) is 10.1 Å². The van der Waals surface area contributed by atoms with Crippen LogP contribution in [-0.2, 0) is 11.2 Å². The van der Waals surface area contributed by atoms with Crippen molar-refractivity contribution < 1.29 is 14.8 Å². The lowest BCUT2D eigenvalue weighted by Gasteiger charge is -1.97. The summed E-state index contributed by atoms with van der Waals surface area (Å²) in [7, 11) is 0. The summed E-state index contributed by atoms with van der Waals surface area (Å²) in [5.41, 5.74) is 0.111. The molecule has 0 unspecified atom stereocenters. The van der Waals surface area contributed by atoms with Gasteiger partial charge in [0, 0.05) is 0 Å². The monoisotopic (exact) mass is 182 g/mol. The zero-order chi connectivity index (χ0) is 9.84. The quantitative estimate of drug-likeness (QED) is 0.546. The maximum absolute atomic E-state index is 10.4. The first-order valence-corrected chi connectivity index (χ1v) is 3.41. The Kier molecular flexibility index (Phi) is 2.53. The van der Waals surface area contributed by atoms with E-state index in [1.807, 2.05) is 0 Å². The average Bonchev–Trinajstić information content (AvgIpc) is 2.03. The Morgan fingerprint density at radius 1 is 1.69 bits per heavy atom. The minimum Gasteiger partial charge on any atom is -0.481 e. The van der Waals surface area contributed by atoms with E-state index in [-0.39, 0.29) is 12.0 Å². The van der Waals surface area contributed by atoms with Gasteiger partial charge in [0.2, 0.25) is 0 Å². The molecule has 13 heavy (non-hydrogen) atoms. The minimum atomic E-state index is -1.11. The van der Waals surface area contributed by atoms with E-state index >= 15 is 0 Å². The van der Waals surface area contributed by atoms with E-state index in [0.717, 1.165) is 0 Å². The summed E-state index contributed by atoms with van der Waals surface area (Å²) >= 11 is 0. The van der Waals surface area contributed by atoms with Gasteiger partial charge in [-0.2, -0.15) is 0 Å². The highest BCUT2D eigenvalue weighted by Crippen LogP contribution is 2.14. The Morgan fingerprint density at radius 3 is 2.92 bits per heavy atom. The predicted octanol–water partition coefficient (Wildman–Crippen LogP) is 0.617. The maximum atomic E-state index is 10.4. The first kappa shape index (κ1) is 9.11. The molecule has 0 saturated heterocycles. The number of hydrogen-bond donors (Lipinski definition) is 1. The van der Waals surface area contributed by atoms with Crippen LogP contribution in [0.5, 0.6) is 0 Å². The summed E-state index contributed by atoms with van der Waals surface area (Å²) in [5.74, 6) is -1.51. The van der Waals surface area contributed by atoms with Crippen LogP contribution in [0.2, 0.25) is 0 Å². The first-order valence-electron chi connectivity index (χ1n) is 3.41. The SMILES string of the molecule is O=C(O)Cc1cccnc1[N+](=O)[O-]. The summed E-state index contributed by atoms with van der Waals surface area (Å²) in [6.07, 6.45) is 0.869. The second-order valence-electron chi connectivity index (χ2n) is 2.31. The van der Waals surface area contributed by atoms with Gasteiger partial charge in [0.1, 0.15) is 6.20 Å². The number of hydrogen-bond acceptors (Lipinski definition) is 4. The third-order valence-electron chi connectivity index (χ3n) is 1.38. The van der Waals surface area contributed by atoms with Gasteiger partial charge in [-0.15, -0.1) is 0 Å². The molecule has 1 aromatic heterocycles. The molecule has 1 aromatic rings. The minimum absolute atomic E-state index is 0.111. The molecule has 68 valence electrons. The fraction of sp³-hybridized carbons (Fsp3) is 0.143. The van der Waals surface area contributed by atoms with Gasteiger partial charge in [0.25, 0.3) is 0 Å². The third kappa shape index (κ3) is 2.22. The van der Waals surface area contributed by atoms with E-state index in [2.05, 4.69) is 4.98 Å². The van der Waals surface area contributed by atoms with E-state index < -0.39 is 16.7 Å². The summed E-state index contributed by atoms with van der Waals surface area (Å²) < 4.78 is 0. The van der Waals surface area contributed by atoms with Crippen LogP contribution in [0.1, 0.15) is 5.56 Å². The third-order valence-corrected chi connectivity index (χ3v) is 1.38. The molecule has 0 amide bonds. The molecule has 0 aliphatic carbocycles. The van der Waals surface area contributed by atoms with Crippen LogP contribution in [-0.4, -0.2) is 21.0 Å². The molecule has 0 aromatic carbocycles. The van der Waals surface area contributed by atoms with Crippen LogP contribution < -0.4 is 0 Å². The van der Waals surface area contributed by atoms with Crippen LogP contribution in [0.4, 0.5) is 5.82 Å². The predicted molar refractivity (Wildman–Crippen MR) is 42.2 cm³/mol. The van der Waals surface area contributed by atoms with Gasteiger partial charge in [-0.3, -0.25) is 4.79 Å². The average molecular weight is 182 g/mol. The first-order chi connectivity index (χ1) is 6.11. The Bertz CT molecular complexity index is 350. The standard InChI is InChI=1S/C7H6N2O4/c10-6(11)4-5-2-1-3-8-7(5)9(12)13/h1-3H,4H2,(H,10,11). The molecule has 0 aliphatic heterocycles. The molecule has 6 heteroatoms. The Morgan fingerprint density at radius 2 is 2.38 bits per heavy atom. The Labute approximate surface area is 73.0 Å². The summed E-state index contributed by atoms with van der Waals surface area (Å²) in [6.45, 7) is 0. The Balaban J connectivity index is 3.04. The maximum Gasteiger partial charge on any atom is 0.367 e. The van der Waals surface area contributed by atoms with Gasteiger partial charge in [0.15, 0.2) is 0 Å². The smallest absolute Gasteiger partial charge is 0.367 e. The van der Waals surface area contributed by atoms with Crippen molar-refractivity contribution in [1.29, 1.82) is 0 Å². The number of aliphatic carboxylic acids is 1. The normalized spacial score (nSPS) is 9.54. The van der Waals surface area contributed by atoms with Crippen molar-refractivity contribution in [2.45, 2.75) is 6.42 Å². The van der Waals surface area contributed by atoms with E-state index in [4.69, 9.17) is 5.11 Å². The molecular formula is C7H6N2O4. The van der Waals surface area contributed by atoms with Crippen molar-refractivity contribution in [2.75, 3.05) is 0 Å². The molecule has 0 radical (unpaired) electrons. The second kappa shape index (κ2) is 3.61. The molecule has 0 fully saturated rings. The van der Waals surface area contributed by atoms with Gasteiger partial charge in [-0.25, -0.2) is 0 Å². The Hall–Kier alpha value is -1.98. The molecule has 1 heterocycles. The number of rotatable bonds is 3. The summed E-state index contributed by atoms with van der Waals surface area (Å²) in [5, 5.41) is 18.8. The number of nitrogens with zero attached hydrogens (tertiary/aromatic N) is 2. The molecule has 1 rings (SSSR count). The van der Waals surface area contributed by atoms with Gasteiger partial charge in [0.05, 0.1) is 12.0 Å². The van der Waals surface area contributed by atoms with Gasteiger partial charge < -0.3 is 15.2 Å². The molecular weight excluding hydrogens is 176 g/mol. The van der Waals surface area contributed by atoms with E-state index in [9.17, 15) is 14.9 Å². The number of aromatic nitrogens is 1. The number of nitro groups is 1. The molecule has 0 saturated carbocycles. The topological polar surface area (TPSA) is 93.3 Å². The molecule has 6 nitrogen and oxygen atoms in total. The highest BCUT2D eigenvalue weighted by atomic mass is 16.6. The lowest BCUT2D eigenvalue weighted by atomic mass is 10.2. The number of pyridine rings is 1. The molecule has 0 bridgehead atoms. The van der Waals surface area contributed by atoms with Crippen LogP contribution in [0.25, 0.3) is 0 Å². The zero-order valence-electron chi connectivity index (χ0n) is 6.51. The number of carboxylic acids is 1. The van der Waals surface area contributed by atoms with Crippen LogP contribution >= 0.6 is 0 Å². The van der Waals surface area contributed by atoms with E-state index in [1.54, 1.807) is 0 Å². The second-order valence-corrected chi connectivity index (χ2v) is 2.31. The van der Waals surface area contributed by atoms with Crippen molar-refractivity contribution in [3.05, 3.63) is 34.0 Å². The number of carbonyl (C=O) groups is 1. The van der Waals surface area contributed by atoms with Crippen molar-refractivity contribution in [3.8, 4) is 0 Å². The summed E-state index contributed by atoms with van der Waals surface area (Å²) in [4.78, 5) is 23.4. The highest BCUT2D eigenvalue weighted by Gasteiger charge is 2.15. The van der Waals surface area contributed by atoms with Crippen LogP contribution in [0.3, 0.4) is 0 Å². The van der Waals surface area contributed by atoms with Gasteiger partial charge in [-0.05, 0) is 22.0 Å².